The normalized spacial score (nSPS) is 12.8. The van der Waals surface area contributed by atoms with Crippen LogP contribution in [-0.4, -0.2) is 47.4 Å². The fourth-order valence-corrected chi connectivity index (χ4v) is 11.3. The van der Waals surface area contributed by atoms with Gasteiger partial charge in [-0.3, -0.25) is 9.59 Å². The van der Waals surface area contributed by atoms with Crippen LogP contribution in [0, 0.1) is 0 Å². The number of amides is 1. The Hall–Kier alpha value is -2.18. The lowest BCUT2D eigenvalue weighted by atomic mass is 10.0. The Morgan fingerprint density at radius 3 is 0.951 bits per heavy atom. The summed E-state index contributed by atoms with van der Waals surface area (Å²) in [6.45, 7) is 4.92. The summed E-state index contributed by atoms with van der Waals surface area (Å²) in [7, 11) is 0. The van der Waals surface area contributed by atoms with Crippen LogP contribution in [0.5, 0.6) is 0 Å². The second kappa shape index (κ2) is 70.3. The third-order valence-electron chi connectivity index (χ3n) is 16.8. The standard InChI is InChI=1S/C75H141NO5/c1-3-5-7-9-11-13-15-17-40-45-49-53-57-61-65-69-75(80)81-70-66-62-58-54-50-46-42-39-37-35-33-31-29-27-25-23-21-19-20-22-24-26-28-30-32-34-36-38-41-44-48-52-56-60-64-68-74(79)76-72(71-77)73(78)67-63-59-55-51-47-43-18-16-14-12-10-8-6-4-2/h17,21,23,27,29,40,63,67,72-73,77-78H,3-16,18-20,22,24-26,28,30-39,41-62,64-66,68-71H2,1-2H3,(H,76,79)/b23-21-,29-27-,40-17-,67-63+. The molecule has 2 unspecified atom stereocenters. The van der Waals surface area contributed by atoms with E-state index in [0.717, 1.165) is 51.4 Å². The van der Waals surface area contributed by atoms with Crippen LogP contribution in [0.15, 0.2) is 48.6 Å². The number of hydrogen-bond acceptors (Lipinski definition) is 5. The van der Waals surface area contributed by atoms with Gasteiger partial charge in [0.2, 0.25) is 5.91 Å². The molecule has 476 valence electrons. The summed E-state index contributed by atoms with van der Waals surface area (Å²) in [6.07, 6.45) is 92.1. The summed E-state index contributed by atoms with van der Waals surface area (Å²) < 4.78 is 5.49. The van der Waals surface area contributed by atoms with Crippen LogP contribution < -0.4 is 5.32 Å². The van der Waals surface area contributed by atoms with Crippen molar-refractivity contribution in [1.82, 2.24) is 5.32 Å². The molecule has 6 heteroatoms. The summed E-state index contributed by atoms with van der Waals surface area (Å²) in [5.74, 6) is -0.0554. The molecule has 0 saturated carbocycles. The number of ether oxygens (including phenoxy) is 1. The summed E-state index contributed by atoms with van der Waals surface area (Å²) in [5, 5.41) is 23.1. The second-order valence-corrected chi connectivity index (χ2v) is 24.9. The fraction of sp³-hybridized carbons (Fsp3) is 0.867. The predicted octanol–water partition coefficient (Wildman–Crippen LogP) is 23.6. The van der Waals surface area contributed by atoms with Crippen LogP contribution in [0.2, 0.25) is 0 Å². The van der Waals surface area contributed by atoms with E-state index in [4.69, 9.17) is 4.74 Å². The van der Waals surface area contributed by atoms with Crippen LogP contribution >= 0.6 is 0 Å². The van der Waals surface area contributed by atoms with Gasteiger partial charge < -0.3 is 20.3 Å². The highest BCUT2D eigenvalue weighted by Gasteiger charge is 2.18. The van der Waals surface area contributed by atoms with E-state index in [1.165, 1.54) is 315 Å². The smallest absolute Gasteiger partial charge is 0.305 e. The maximum absolute atomic E-state index is 12.5. The molecular formula is C75H141NO5. The van der Waals surface area contributed by atoms with Crippen molar-refractivity contribution in [3.8, 4) is 0 Å². The molecule has 0 saturated heterocycles. The topological polar surface area (TPSA) is 95.9 Å². The van der Waals surface area contributed by atoms with E-state index in [1.807, 2.05) is 6.08 Å². The zero-order chi connectivity index (χ0) is 58.5. The van der Waals surface area contributed by atoms with Crippen LogP contribution in [0.25, 0.3) is 0 Å². The molecule has 0 rings (SSSR count). The third-order valence-corrected chi connectivity index (χ3v) is 16.8. The third kappa shape index (κ3) is 66.8. The van der Waals surface area contributed by atoms with E-state index in [0.29, 0.717) is 19.4 Å². The van der Waals surface area contributed by atoms with Crippen molar-refractivity contribution in [3.05, 3.63) is 48.6 Å². The number of esters is 1. The van der Waals surface area contributed by atoms with Gasteiger partial charge in [0.15, 0.2) is 0 Å². The van der Waals surface area contributed by atoms with Gasteiger partial charge in [-0.1, -0.05) is 339 Å². The average molecular weight is 1140 g/mol. The number of aliphatic hydroxyl groups is 2. The van der Waals surface area contributed by atoms with E-state index in [9.17, 15) is 19.8 Å². The van der Waals surface area contributed by atoms with E-state index >= 15 is 0 Å². The molecule has 0 aliphatic heterocycles. The molecule has 2 atom stereocenters. The Balaban J connectivity index is 3.38. The molecule has 6 nitrogen and oxygen atoms in total. The van der Waals surface area contributed by atoms with Gasteiger partial charge in [-0.25, -0.2) is 0 Å². The van der Waals surface area contributed by atoms with E-state index < -0.39 is 12.1 Å². The van der Waals surface area contributed by atoms with E-state index in [-0.39, 0.29) is 18.5 Å². The maximum Gasteiger partial charge on any atom is 0.305 e. The van der Waals surface area contributed by atoms with Crippen molar-refractivity contribution < 1.29 is 24.5 Å². The fourth-order valence-electron chi connectivity index (χ4n) is 11.3. The van der Waals surface area contributed by atoms with Crippen LogP contribution in [0.4, 0.5) is 0 Å². The lowest BCUT2D eigenvalue weighted by Crippen LogP contribution is -2.45. The van der Waals surface area contributed by atoms with Crippen LogP contribution in [0.1, 0.15) is 393 Å². The molecule has 0 aromatic heterocycles. The molecule has 0 spiro atoms. The SMILES string of the molecule is CCCCCCCC/C=C\CCCCCCCC(=O)OCCCCCCCCCCCCC/C=C\C/C=C\CCCCCCCCCCCCCCCCCCCC(=O)NC(CO)C(O)/C=C/CCCCCCCCCCCCCC. The highest BCUT2D eigenvalue weighted by Crippen LogP contribution is 2.18. The number of rotatable bonds is 68. The number of allylic oxidation sites excluding steroid dienone is 7. The Kier molecular flexibility index (Phi) is 68.4. The quantitative estimate of drug-likeness (QED) is 0.0320. The zero-order valence-corrected chi connectivity index (χ0v) is 54.5. The molecule has 0 fully saturated rings. The van der Waals surface area contributed by atoms with Crippen molar-refractivity contribution in [2.24, 2.45) is 0 Å². The first-order chi connectivity index (χ1) is 40.0. The van der Waals surface area contributed by atoms with Crippen LogP contribution in [-0.2, 0) is 14.3 Å². The molecule has 81 heavy (non-hydrogen) atoms. The molecule has 0 radical (unpaired) electrons. The number of unbranched alkanes of at least 4 members (excludes halogenated alkanes) is 51. The van der Waals surface area contributed by atoms with Crippen LogP contribution in [0.3, 0.4) is 0 Å². The Morgan fingerprint density at radius 2 is 0.617 bits per heavy atom. The number of carbonyl (C=O) groups is 2. The molecule has 0 bridgehead atoms. The first kappa shape index (κ1) is 78.8. The number of nitrogens with one attached hydrogen (secondary N) is 1. The first-order valence-electron chi connectivity index (χ1n) is 36.4. The molecule has 0 heterocycles. The predicted molar refractivity (Wildman–Crippen MR) is 356 cm³/mol. The van der Waals surface area contributed by atoms with Gasteiger partial charge in [0, 0.05) is 12.8 Å². The Morgan fingerprint density at radius 1 is 0.346 bits per heavy atom. The molecular weight excluding hydrogens is 995 g/mol. The zero-order valence-electron chi connectivity index (χ0n) is 54.5. The molecule has 0 aromatic carbocycles. The largest absolute Gasteiger partial charge is 0.466 e. The van der Waals surface area contributed by atoms with Gasteiger partial charge >= 0.3 is 5.97 Å². The lowest BCUT2D eigenvalue weighted by Gasteiger charge is -2.20. The van der Waals surface area contributed by atoms with Gasteiger partial charge in [-0.15, -0.1) is 0 Å². The minimum Gasteiger partial charge on any atom is -0.466 e. The molecule has 1 amide bonds. The second-order valence-electron chi connectivity index (χ2n) is 24.9. The van der Waals surface area contributed by atoms with E-state index in [1.54, 1.807) is 6.08 Å². The minimum absolute atomic E-state index is 0.00875. The summed E-state index contributed by atoms with van der Waals surface area (Å²) in [4.78, 5) is 24.5. The van der Waals surface area contributed by atoms with Gasteiger partial charge in [-0.05, 0) is 89.9 Å². The van der Waals surface area contributed by atoms with Crippen molar-refractivity contribution in [3.63, 3.8) is 0 Å². The van der Waals surface area contributed by atoms with Crippen molar-refractivity contribution >= 4 is 11.9 Å². The molecule has 0 aromatic rings. The maximum atomic E-state index is 12.5. The van der Waals surface area contributed by atoms with Gasteiger partial charge in [0.25, 0.3) is 0 Å². The molecule has 0 aliphatic carbocycles. The summed E-state index contributed by atoms with van der Waals surface area (Å²) in [5.41, 5.74) is 0. The molecule has 3 N–H and O–H groups in total. The van der Waals surface area contributed by atoms with Gasteiger partial charge in [-0.2, -0.15) is 0 Å². The van der Waals surface area contributed by atoms with Crippen molar-refractivity contribution in [2.75, 3.05) is 13.2 Å². The Labute approximate surface area is 506 Å². The van der Waals surface area contributed by atoms with Crippen molar-refractivity contribution in [2.45, 2.75) is 405 Å². The summed E-state index contributed by atoms with van der Waals surface area (Å²) in [6, 6.07) is -0.626. The first-order valence-corrected chi connectivity index (χ1v) is 36.4. The van der Waals surface area contributed by atoms with Crippen molar-refractivity contribution in [1.29, 1.82) is 0 Å². The van der Waals surface area contributed by atoms with E-state index in [2.05, 4.69) is 55.6 Å². The number of aliphatic hydroxyl groups excluding tert-OH is 2. The lowest BCUT2D eigenvalue weighted by molar-refractivity contribution is -0.143. The summed E-state index contributed by atoms with van der Waals surface area (Å²) >= 11 is 0. The molecule has 0 aliphatic rings. The minimum atomic E-state index is -0.843. The number of hydrogen-bond donors (Lipinski definition) is 3. The highest BCUT2D eigenvalue weighted by molar-refractivity contribution is 5.76. The average Bonchev–Trinajstić information content (AvgIpc) is 3.47. The number of carbonyl (C=O) groups excluding carboxylic acids is 2. The Bertz CT molecular complexity index is 1360. The monoisotopic (exact) mass is 1140 g/mol. The van der Waals surface area contributed by atoms with Gasteiger partial charge in [0.1, 0.15) is 0 Å². The van der Waals surface area contributed by atoms with Gasteiger partial charge in [0.05, 0.1) is 25.4 Å². The highest BCUT2D eigenvalue weighted by atomic mass is 16.5.